The van der Waals surface area contributed by atoms with Crippen LogP contribution in [0.1, 0.15) is 13.8 Å². The van der Waals surface area contributed by atoms with Gasteiger partial charge >= 0.3 is 0 Å². The first-order chi connectivity index (χ1) is 4.83. The maximum atomic E-state index is 10.3. The zero-order chi connectivity index (χ0) is 9.07. The lowest BCUT2D eigenvalue weighted by Gasteiger charge is -2.17. The maximum absolute atomic E-state index is 10.3. The number of carbonyl (C=O) groups is 1. The Kier molecular flexibility index (Phi) is 4.05. The molecule has 0 heterocycles. The fourth-order valence-electron chi connectivity index (χ4n) is 0.490. The third kappa shape index (κ3) is 6.33. The lowest BCUT2D eigenvalue weighted by Crippen LogP contribution is -2.25. The van der Waals surface area contributed by atoms with Crippen molar-refractivity contribution >= 4 is 20.8 Å². The van der Waals surface area contributed by atoms with Crippen molar-refractivity contribution in [2.45, 2.75) is 26.3 Å². The molecule has 1 atom stereocenters. The molecule has 0 rings (SSSR count). The van der Waals surface area contributed by atoms with Crippen molar-refractivity contribution < 1.29 is 15.0 Å². The zero-order valence-corrected chi connectivity index (χ0v) is 8.09. The van der Waals surface area contributed by atoms with Crippen molar-refractivity contribution in [2.24, 2.45) is 0 Å². The summed E-state index contributed by atoms with van der Waals surface area (Å²) in [5.41, 5.74) is -0.734. The first kappa shape index (κ1) is 10.9. The van der Waals surface area contributed by atoms with Gasteiger partial charge in [-0.05, 0) is 20.0 Å². The molecule has 5 heteroatoms. The summed E-state index contributed by atoms with van der Waals surface area (Å²) >= 11 is 0. The normalized spacial score (nSPS) is 12.4. The van der Waals surface area contributed by atoms with Gasteiger partial charge in [-0.15, -0.1) is 8.46 Å². The number of hydrogen-bond acceptors (Lipinski definition) is 2. The number of carboxylic acid groups (broad SMARTS) is 1. The molecule has 3 nitrogen and oxygen atoms in total. The summed E-state index contributed by atoms with van der Waals surface area (Å²) in [6.45, 7) is 5.04. The van der Waals surface area contributed by atoms with Gasteiger partial charge in [-0.1, -0.05) is 6.82 Å². The Morgan fingerprint density at radius 3 is 2.36 bits per heavy atom. The van der Waals surface area contributed by atoms with Gasteiger partial charge < -0.3 is 10.2 Å². The number of hydrogen-bond donors (Lipinski definition) is 2. The van der Waals surface area contributed by atoms with E-state index in [0.29, 0.717) is 6.16 Å². The Morgan fingerprint density at radius 2 is 2.09 bits per heavy atom. The quantitative estimate of drug-likeness (QED) is 0.501. The molecule has 0 saturated carbocycles. The van der Waals surface area contributed by atoms with Crippen molar-refractivity contribution in [1.29, 1.82) is 0 Å². The standard InChI is InChI=1S/C6H14BO3P/c1-6(2,10)4-11-7(3)5(8)9/h10-11H,4H2,1-3H3,(H,8,9). The van der Waals surface area contributed by atoms with Crippen LogP contribution in [0.5, 0.6) is 0 Å². The van der Waals surface area contributed by atoms with Crippen LogP contribution in [-0.2, 0) is 0 Å². The van der Waals surface area contributed by atoms with Crippen molar-refractivity contribution in [3.63, 3.8) is 0 Å². The molecule has 0 aromatic heterocycles. The predicted octanol–water partition coefficient (Wildman–Crippen LogP) is 1.32. The fourth-order valence-corrected chi connectivity index (χ4v) is 1.47. The van der Waals surface area contributed by atoms with Crippen LogP contribution in [0.25, 0.3) is 0 Å². The summed E-state index contributed by atoms with van der Waals surface area (Å²) in [5, 5.41) is 17.8. The Labute approximate surface area is 69.0 Å². The molecule has 0 radical (unpaired) electrons. The fraction of sp³-hybridized carbons (Fsp3) is 0.833. The highest BCUT2D eigenvalue weighted by Gasteiger charge is 2.20. The summed E-state index contributed by atoms with van der Waals surface area (Å²) in [6.07, 6.45) is 0.224. The second-order valence-electron chi connectivity index (χ2n) is 3.25. The Bertz CT molecular complexity index is 143. The molecule has 0 aromatic carbocycles. The summed E-state index contributed by atoms with van der Waals surface area (Å²) in [7, 11) is 0.288. The third-order valence-corrected chi connectivity index (χ3v) is 3.14. The summed E-state index contributed by atoms with van der Waals surface area (Å²) < 4.78 is 0. The van der Waals surface area contributed by atoms with Crippen molar-refractivity contribution in [1.82, 2.24) is 0 Å². The van der Waals surface area contributed by atoms with Gasteiger partial charge in [0.25, 0.3) is 12.3 Å². The summed E-state index contributed by atoms with van der Waals surface area (Å²) in [4.78, 5) is 10.3. The van der Waals surface area contributed by atoms with Gasteiger partial charge in [-0.3, -0.25) is 4.79 Å². The van der Waals surface area contributed by atoms with Crippen LogP contribution in [0, 0.1) is 0 Å². The van der Waals surface area contributed by atoms with E-state index < -0.39 is 11.5 Å². The van der Waals surface area contributed by atoms with E-state index in [2.05, 4.69) is 0 Å². The van der Waals surface area contributed by atoms with Gasteiger partial charge in [0.2, 0.25) is 0 Å². The van der Waals surface area contributed by atoms with Crippen LogP contribution in [0.15, 0.2) is 0 Å². The van der Waals surface area contributed by atoms with E-state index in [9.17, 15) is 9.90 Å². The van der Waals surface area contributed by atoms with E-state index in [1.165, 1.54) is 0 Å². The lowest BCUT2D eigenvalue weighted by atomic mass is 9.80. The second-order valence-corrected chi connectivity index (χ2v) is 4.88. The molecule has 11 heavy (non-hydrogen) atoms. The highest BCUT2D eigenvalue weighted by Crippen LogP contribution is 2.21. The van der Waals surface area contributed by atoms with Crippen LogP contribution in [0.4, 0.5) is 4.79 Å². The molecule has 0 aliphatic carbocycles. The van der Waals surface area contributed by atoms with E-state index in [1.54, 1.807) is 20.7 Å². The molecule has 0 aliphatic heterocycles. The first-order valence-corrected chi connectivity index (χ1v) is 4.80. The highest BCUT2D eigenvalue weighted by atomic mass is 31.1. The molecule has 0 aromatic rings. The van der Waals surface area contributed by atoms with Gasteiger partial charge in [-0.25, -0.2) is 0 Å². The summed E-state index contributed by atoms with van der Waals surface area (Å²) in [6, 6.07) is 0. The average Bonchev–Trinajstić information content (AvgIpc) is 1.80. The van der Waals surface area contributed by atoms with Gasteiger partial charge in [-0.2, -0.15) is 0 Å². The van der Waals surface area contributed by atoms with Crippen LogP contribution in [0.3, 0.4) is 0 Å². The molecule has 0 amide bonds. The lowest BCUT2D eigenvalue weighted by molar-refractivity contribution is 0.106. The van der Waals surface area contributed by atoms with Crippen LogP contribution in [-0.4, -0.2) is 34.3 Å². The maximum Gasteiger partial charge on any atom is 0.299 e. The van der Waals surface area contributed by atoms with E-state index >= 15 is 0 Å². The third-order valence-electron chi connectivity index (χ3n) is 1.21. The van der Waals surface area contributed by atoms with E-state index in [-0.39, 0.29) is 14.9 Å². The average molecular weight is 176 g/mol. The smallest absolute Gasteiger partial charge is 0.299 e. The minimum absolute atomic E-state index is 0.288. The minimum Gasteiger partial charge on any atom is -0.489 e. The van der Waals surface area contributed by atoms with Gasteiger partial charge in [0.05, 0.1) is 5.60 Å². The monoisotopic (exact) mass is 176 g/mol. The molecule has 0 fully saturated rings. The van der Waals surface area contributed by atoms with Crippen LogP contribution < -0.4 is 0 Å². The van der Waals surface area contributed by atoms with Gasteiger partial charge in [0.1, 0.15) is 0 Å². The molecule has 64 valence electrons. The van der Waals surface area contributed by atoms with Gasteiger partial charge in [0.15, 0.2) is 0 Å². The Morgan fingerprint density at radius 1 is 1.64 bits per heavy atom. The number of aliphatic hydroxyl groups is 1. The number of rotatable bonds is 4. The Hall–Kier alpha value is -0.0751. The largest absolute Gasteiger partial charge is 0.489 e. The molecule has 0 bridgehead atoms. The zero-order valence-electron chi connectivity index (χ0n) is 7.09. The molecule has 1 unspecified atom stereocenters. The van der Waals surface area contributed by atoms with Crippen LogP contribution >= 0.6 is 8.46 Å². The van der Waals surface area contributed by atoms with Crippen LogP contribution in [0.2, 0.25) is 6.82 Å². The van der Waals surface area contributed by atoms with Crippen molar-refractivity contribution in [2.75, 3.05) is 6.16 Å². The SMILES string of the molecule is CB(PCC(C)(C)O)C(=O)O. The molecular formula is C6H14BO3P. The van der Waals surface area contributed by atoms with E-state index in [4.69, 9.17) is 5.11 Å². The molecule has 0 aliphatic rings. The van der Waals surface area contributed by atoms with Crippen molar-refractivity contribution in [3.05, 3.63) is 0 Å². The summed E-state index contributed by atoms with van der Waals surface area (Å²) in [5.74, 6) is -0.785. The van der Waals surface area contributed by atoms with E-state index in [1.807, 2.05) is 0 Å². The topological polar surface area (TPSA) is 57.5 Å². The highest BCUT2D eigenvalue weighted by molar-refractivity contribution is 7.81. The molecular weight excluding hydrogens is 162 g/mol. The predicted molar refractivity (Wildman–Crippen MR) is 49.1 cm³/mol. The molecule has 0 saturated heterocycles. The van der Waals surface area contributed by atoms with E-state index in [0.717, 1.165) is 0 Å². The van der Waals surface area contributed by atoms with Gasteiger partial charge in [0, 0.05) is 0 Å². The second kappa shape index (κ2) is 4.08. The first-order valence-electron chi connectivity index (χ1n) is 3.51. The van der Waals surface area contributed by atoms with Crippen molar-refractivity contribution in [3.8, 4) is 0 Å². The molecule has 2 N–H and O–H groups in total. The minimum atomic E-state index is -0.785. The molecule has 0 spiro atoms. The Balaban J connectivity index is 3.63.